The molecule has 0 radical (unpaired) electrons. The van der Waals surface area contributed by atoms with E-state index in [4.69, 9.17) is 4.74 Å². The molecule has 0 aliphatic rings. The monoisotopic (exact) mass is 245 g/mol. The minimum absolute atomic E-state index is 0.0380. The van der Waals surface area contributed by atoms with Gasteiger partial charge in [-0.15, -0.1) is 0 Å². The number of carbonyl (C=O) groups excluding carboxylic acids is 2. The van der Waals surface area contributed by atoms with E-state index in [2.05, 4.69) is 16.0 Å². The van der Waals surface area contributed by atoms with E-state index in [-0.39, 0.29) is 17.9 Å². The van der Waals surface area contributed by atoms with Crippen LogP contribution in [0.3, 0.4) is 0 Å². The maximum atomic E-state index is 11.5. The van der Waals surface area contributed by atoms with Crippen molar-refractivity contribution in [2.45, 2.75) is 26.3 Å². The summed E-state index contributed by atoms with van der Waals surface area (Å²) in [5.41, 5.74) is 0. The summed E-state index contributed by atoms with van der Waals surface area (Å²) < 4.78 is 4.88. The highest BCUT2D eigenvalue weighted by Gasteiger charge is 2.10. The first kappa shape index (κ1) is 15.9. The number of nitrogens with one attached hydrogen (secondary N) is 3. The SMILES string of the molecule is COCCCNC(=O)C(C)NCCNC(C)=O. The summed E-state index contributed by atoms with van der Waals surface area (Å²) in [4.78, 5) is 22.1. The van der Waals surface area contributed by atoms with Crippen LogP contribution in [0.15, 0.2) is 0 Å². The van der Waals surface area contributed by atoms with Gasteiger partial charge in [-0.1, -0.05) is 0 Å². The average Bonchev–Trinajstić information content (AvgIpc) is 2.29. The number of hydrogen-bond donors (Lipinski definition) is 3. The topological polar surface area (TPSA) is 79.5 Å². The fourth-order valence-corrected chi connectivity index (χ4v) is 1.20. The molecule has 1 atom stereocenters. The van der Waals surface area contributed by atoms with Gasteiger partial charge in [0.2, 0.25) is 11.8 Å². The summed E-state index contributed by atoms with van der Waals surface area (Å²) in [7, 11) is 1.63. The zero-order valence-electron chi connectivity index (χ0n) is 10.8. The Morgan fingerprint density at radius 1 is 1.18 bits per heavy atom. The third kappa shape index (κ3) is 9.77. The lowest BCUT2D eigenvalue weighted by atomic mass is 10.3. The number of methoxy groups -OCH3 is 1. The minimum atomic E-state index is -0.258. The van der Waals surface area contributed by atoms with Crippen molar-refractivity contribution in [3.63, 3.8) is 0 Å². The van der Waals surface area contributed by atoms with E-state index in [1.807, 2.05) is 0 Å². The van der Waals surface area contributed by atoms with Crippen LogP contribution in [-0.4, -0.2) is 51.2 Å². The quantitative estimate of drug-likeness (QED) is 0.467. The summed E-state index contributed by atoms with van der Waals surface area (Å²) in [6, 6.07) is -0.258. The van der Waals surface area contributed by atoms with Gasteiger partial charge in [0.1, 0.15) is 0 Å². The minimum Gasteiger partial charge on any atom is -0.385 e. The first-order valence-electron chi connectivity index (χ1n) is 5.82. The third-order valence-corrected chi connectivity index (χ3v) is 2.17. The van der Waals surface area contributed by atoms with Gasteiger partial charge in [0.15, 0.2) is 0 Å². The maximum absolute atomic E-state index is 11.5. The molecule has 6 heteroatoms. The van der Waals surface area contributed by atoms with Crippen molar-refractivity contribution < 1.29 is 14.3 Å². The second-order valence-corrected chi connectivity index (χ2v) is 3.80. The van der Waals surface area contributed by atoms with Crippen molar-refractivity contribution in [2.75, 3.05) is 33.4 Å². The molecule has 3 N–H and O–H groups in total. The molecule has 0 fully saturated rings. The van der Waals surface area contributed by atoms with Gasteiger partial charge in [0, 0.05) is 40.3 Å². The van der Waals surface area contributed by atoms with Gasteiger partial charge < -0.3 is 20.7 Å². The Hall–Kier alpha value is -1.14. The third-order valence-electron chi connectivity index (χ3n) is 2.17. The van der Waals surface area contributed by atoms with Crippen LogP contribution >= 0.6 is 0 Å². The van der Waals surface area contributed by atoms with Crippen molar-refractivity contribution in [3.05, 3.63) is 0 Å². The molecule has 0 saturated carbocycles. The molecule has 0 aromatic rings. The van der Waals surface area contributed by atoms with Gasteiger partial charge in [-0.3, -0.25) is 9.59 Å². The first-order valence-corrected chi connectivity index (χ1v) is 5.82. The second-order valence-electron chi connectivity index (χ2n) is 3.80. The average molecular weight is 245 g/mol. The number of hydrogen-bond acceptors (Lipinski definition) is 4. The summed E-state index contributed by atoms with van der Waals surface area (Å²) >= 11 is 0. The van der Waals surface area contributed by atoms with Crippen LogP contribution in [0.25, 0.3) is 0 Å². The maximum Gasteiger partial charge on any atom is 0.236 e. The molecule has 0 aliphatic heterocycles. The Balaban J connectivity index is 3.50. The smallest absolute Gasteiger partial charge is 0.236 e. The van der Waals surface area contributed by atoms with Gasteiger partial charge in [-0.2, -0.15) is 0 Å². The van der Waals surface area contributed by atoms with E-state index in [1.165, 1.54) is 6.92 Å². The van der Waals surface area contributed by atoms with E-state index < -0.39 is 0 Å². The van der Waals surface area contributed by atoms with E-state index >= 15 is 0 Å². The lowest BCUT2D eigenvalue weighted by Crippen LogP contribution is -2.45. The van der Waals surface area contributed by atoms with E-state index in [0.717, 1.165) is 6.42 Å². The predicted molar refractivity (Wildman–Crippen MR) is 65.7 cm³/mol. The largest absolute Gasteiger partial charge is 0.385 e. The number of amides is 2. The molecule has 2 amide bonds. The Morgan fingerprint density at radius 2 is 1.88 bits per heavy atom. The molecule has 0 aliphatic carbocycles. The van der Waals surface area contributed by atoms with Crippen LogP contribution in [0.2, 0.25) is 0 Å². The van der Waals surface area contributed by atoms with Crippen LogP contribution < -0.4 is 16.0 Å². The Kier molecular flexibility index (Phi) is 9.37. The van der Waals surface area contributed by atoms with Crippen LogP contribution in [0.1, 0.15) is 20.3 Å². The summed E-state index contributed by atoms with van der Waals surface area (Å²) in [6.07, 6.45) is 0.806. The van der Waals surface area contributed by atoms with Crippen molar-refractivity contribution in [1.29, 1.82) is 0 Å². The van der Waals surface area contributed by atoms with Gasteiger partial charge in [0.05, 0.1) is 6.04 Å². The highest BCUT2D eigenvalue weighted by atomic mass is 16.5. The van der Waals surface area contributed by atoms with Gasteiger partial charge >= 0.3 is 0 Å². The normalized spacial score (nSPS) is 11.9. The standard InChI is InChI=1S/C11H23N3O3/c1-9(12-6-7-13-10(2)15)11(16)14-5-4-8-17-3/h9,12H,4-8H2,1-3H3,(H,13,15)(H,14,16). The predicted octanol–water partition coefficient (Wildman–Crippen LogP) is -0.747. The van der Waals surface area contributed by atoms with Crippen molar-refractivity contribution in [3.8, 4) is 0 Å². The Morgan fingerprint density at radius 3 is 2.47 bits per heavy atom. The molecule has 0 bridgehead atoms. The fourth-order valence-electron chi connectivity index (χ4n) is 1.20. The highest BCUT2D eigenvalue weighted by Crippen LogP contribution is 1.83. The fraction of sp³-hybridized carbons (Fsp3) is 0.818. The van der Waals surface area contributed by atoms with Crippen LogP contribution in [-0.2, 0) is 14.3 Å². The number of rotatable bonds is 9. The molecule has 100 valence electrons. The zero-order valence-corrected chi connectivity index (χ0v) is 10.8. The molecule has 6 nitrogen and oxygen atoms in total. The number of ether oxygens (including phenoxy) is 1. The lowest BCUT2D eigenvalue weighted by molar-refractivity contribution is -0.122. The Bertz CT molecular complexity index is 234. The lowest BCUT2D eigenvalue weighted by Gasteiger charge is -2.14. The van der Waals surface area contributed by atoms with E-state index in [9.17, 15) is 9.59 Å². The van der Waals surface area contributed by atoms with Crippen LogP contribution in [0, 0.1) is 0 Å². The summed E-state index contributed by atoms with van der Waals surface area (Å²) in [6.45, 7) is 5.61. The van der Waals surface area contributed by atoms with E-state index in [1.54, 1.807) is 14.0 Å². The second kappa shape index (κ2) is 10.0. The van der Waals surface area contributed by atoms with Crippen molar-refractivity contribution in [1.82, 2.24) is 16.0 Å². The van der Waals surface area contributed by atoms with Gasteiger partial charge in [0.25, 0.3) is 0 Å². The number of carbonyl (C=O) groups is 2. The molecule has 0 heterocycles. The highest BCUT2D eigenvalue weighted by molar-refractivity contribution is 5.81. The van der Waals surface area contributed by atoms with Crippen molar-refractivity contribution in [2.24, 2.45) is 0 Å². The molecule has 0 aromatic carbocycles. The first-order chi connectivity index (χ1) is 8.07. The molecule has 0 aromatic heterocycles. The van der Waals surface area contributed by atoms with Gasteiger partial charge in [-0.25, -0.2) is 0 Å². The van der Waals surface area contributed by atoms with Gasteiger partial charge in [-0.05, 0) is 13.3 Å². The molecule has 17 heavy (non-hydrogen) atoms. The van der Waals surface area contributed by atoms with Crippen molar-refractivity contribution >= 4 is 11.8 Å². The molecular formula is C11H23N3O3. The van der Waals surface area contributed by atoms with Crippen LogP contribution in [0.5, 0.6) is 0 Å². The zero-order chi connectivity index (χ0) is 13.1. The molecule has 1 unspecified atom stereocenters. The van der Waals surface area contributed by atoms with Crippen LogP contribution in [0.4, 0.5) is 0 Å². The summed E-state index contributed by atoms with van der Waals surface area (Å²) in [5.74, 6) is -0.104. The Labute approximate surface area is 102 Å². The molecule has 0 rings (SSSR count). The molecular weight excluding hydrogens is 222 g/mol. The molecule has 0 spiro atoms. The van der Waals surface area contributed by atoms with E-state index in [0.29, 0.717) is 26.2 Å². The molecule has 0 saturated heterocycles. The summed E-state index contributed by atoms with van der Waals surface area (Å²) in [5, 5.41) is 8.47.